The number of pyridine rings is 1. The zero-order valence-corrected chi connectivity index (χ0v) is 23.3. The molecular formula is C33H36F4N2O. The fraction of sp³-hybridized carbons (Fsp3) is 0.515. The molecule has 3 unspecified atom stereocenters. The number of aryl methyl sites for hydroxylation is 1. The lowest BCUT2D eigenvalue weighted by Crippen LogP contribution is -2.47. The summed E-state index contributed by atoms with van der Waals surface area (Å²) in [7, 11) is 0. The third kappa shape index (κ3) is 5.35. The van der Waals surface area contributed by atoms with Crippen LogP contribution in [0.5, 0.6) is 0 Å². The Hall–Kier alpha value is -2.98. The summed E-state index contributed by atoms with van der Waals surface area (Å²) in [6.45, 7) is 6.15. The predicted molar refractivity (Wildman–Crippen MR) is 149 cm³/mol. The SMILES string of the molecule is CCCC#CC1=C(c2ccc(C(C=O)NC3(C(F)(F)F)CC3)cn2)CC(C2CCC2)C(C)c2cc(C)cc(F)c21. The van der Waals surface area contributed by atoms with Crippen molar-refractivity contribution in [2.45, 2.75) is 95.8 Å². The zero-order chi connectivity index (χ0) is 28.7. The van der Waals surface area contributed by atoms with E-state index in [0.29, 0.717) is 53.4 Å². The lowest BCUT2D eigenvalue weighted by molar-refractivity contribution is -0.168. The van der Waals surface area contributed by atoms with E-state index in [2.05, 4.69) is 35.1 Å². The average Bonchev–Trinajstić information content (AvgIpc) is 3.69. The topological polar surface area (TPSA) is 42.0 Å². The minimum atomic E-state index is -4.43. The molecule has 7 heteroatoms. The molecular weight excluding hydrogens is 516 g/mol. The van der Waals surface area contributed by atoms with Gasteiger partial charge in [-0.25, -0.2) is 4.39 Å². The Morgan fingerprint density at radius 3 is 2.52 bits per heavy atom. The number of aldehydes is 1. The Kier molecular flexibility index (Phi) is 7.94. The molecule has 3 nitrogen and oxygen atoms in total. The van der Waals surface area contributed by atoms with E-state index in [4.69, 9.17) is 0 Å². The lowest BCUT2D eigenvalue weighted by atomic mass is 9.67. The molecule has 1 N–H and O–H groups in total. The van der Waals surface area contributed by atoms with Crippen LogP contribution in [-0.4, -0.2) is 23.0 Å². The highest BCUT2D eigenvalue weighted by molar-refractivity contribution is 5.99. The molecule has 1 aromatic heterocycles. The van der Waals surface area contributed by atoms with Gasteiger partial charge in [-0.05, 0) is 84.8 Å². The molecule has 3 aliphatic rings. The minimum Gasteiger partial charge on any atom is -0.301 e. The van der Waals surface area contributed by atoms with Crippen LogP contribution in [0.1, 0.15) is 105 Å². The maximum atomic E-state index is 15.8. The van der Waals surface area contributed by atoms with Crippen LogP contribution in [0.4, 0.5) is 17.6 Å². The highest BCUT2D eigenvalue weighted by atomic mass is 19.4. The summed E-state index contributed by atoms with van der Waals surface area (Å²) in [5.74, 6) is 7.19. The second-order valence-electron chi connectivity index (χ2n) is 11.8. The van der Waals surface area contributed by atoms with Gasteiger partial charge in [0.05, 0.1) is 11.7 Å². The first-order valence-electron chi connectivity index (χ1n) is 14.4. The highest BCUT2D eigenvalue weighted by Crippen LogP contribution is 2.52. The van der Waals surface area contributed by atoms with Crippen LogP contribution in [0.3, 0.4) is 0 Å². The van der Waals surface area contributed by atoms with Gasteiger partial charge in [0.2, 0.25) is 0 Å². The quantitative estimate of drug-likeness (QED) is 0.214. The number of allylic oxidation sites excluding steroid dienone is 2. The number of hydrogen-bond donors (Lipinski definition) is 1. The zero-order valence-electron chi connectivity index (χ0n) is 23.3. The lowest BCUT2D eigenvalue weighted by Gasteiger charge is -2.37. The summed E-state index contributed by atoms with van der Waals surface area (Å²) in [6.07, 6.45) is 3.16. The number of nitrogens with zero attached hydrogens (tertiary/aromatic N) is 1. The first-order valence-corrected chi connectivity index (χ1v) is 14.4. The van der Waals surface area contributed by atoms with Crippen molar-refractivity contribution >= 4 is 17.4 Å². The monoisotopic (exact) mass is 552 g/mol. The van der Waals surface area contributed by atoms with Gasteiger partial charge < -0.3 is 4.79 Å². The van der Waals surface area contributed by atoms with Crippen molar-refractivity contribution in [1.29, 1.82) is 0 Å². The predicted octanol–water partition coefficient (Wildman–Crippen LogP) is 8.09. The van der Waals surface area contributed by atoms with Crippen molar-refractivity contribution in [3.8, 4) is 11.8 Å². The van der Waals surface area contributed by atoms with E-state index in [0.717, 1.165) is 36.0 Å². The normalized spacial score (nSPS) is 22.9. The van der Waals surface area contributed by atoms with Gasteiger partial charge in [0.25, 0.3) is 0 Å². The van der Waals surface area contributed by atoms with E-state index in [1.807, 2.05) is 13.8 Å². The van der Waals surface area contributed by atoms with Crippen LogP contribution in [0.2, 0.25) is 0 Å². The fourth-order valence-electron chi connectivity index (χ4n) is 6.27. The number of alkyl halides is 3. The number of carbonyl (C=O) groups excluding carboxylic acids is 1. The summed E-state index contributed by atoms with van der Waals surface area (Å²) in [6, 6.07) is 5.92. The number of benzene rings is 1. The minimum absolute atomic E-state index is 0.0514. The van der Waals surface area contributed by atoms with Crippen LogP contribution < -0.4 is 5.32 Å². The van der Waals surface area contributed by atoms with Gasteiger partial charge >= 0.3 is 6.18 Å². The number of nitrogens with one attached hydrogen (secondary N) is 1. The highest BCUT2D eigenvalue weighted by Gasteiger charge is 2.63. The molecule has 0 amide bonds. The van der Waals surface area contributed by atoms with Gasteiger partial charge in [-0.15, -0.1) is 0 Å². The van der Waals surface area contributed by atoms with Crippen LogP contribution in [-0.2, 0) is 4.79 Å². The molecule has 0 spiro atoms. The van der Waals surface area contributed by atoms with E-state index in [1.165, 1.54) is 12.6 Å². The van der Waals surface area contributed by atoms with Crippen LogP contribution >= 0.6 is 0 Å². The fourth-order valence-corrected chi connectivity index (χ4v) is 6.27. The molecule has 3 aliphatic carbocycles. The second-order valence-corrected chi connectivity index (χ2v) is 11.8. The Morgan fingerprint density at radius 1 is 1.23 bits per heavy atom. The number of carbonyl (C=O) groups is 1. The number of hydrogen-bond acceptors (Lipinski definition) is 3. The molecule has 3 atom stereocenters. The number of rotatable bonds is 7. The Labute approximate surface area is 233 Å². The second kappa shape index (κ2) is 11.1. The smallest absolute Gasteiger partial charge is 0.301 e. The van der Waals surface area contributed by atoms with Crippen molar-refractivity contribution in [3.05, 3.63) is 64.2 Å². The van der Waals surface area contributed by atoms with Crippen molar-refractivity contribution in [3.63, 3.8) is 0 Å². The van der Waals surface area contributed by atoms with Crippen molar-refractivity contribution in [2.24, 2.45) is 11.8 Å². The summed E-state index contributed by atoms with van der Waals surface area (Å²) in [5.41, 5.74) is 2.88. The van der Waals surface area contributed by atoms with Crippen LogP contribution in [0, 0.1) is 36.4 Å². The number of unbranched alkanes of at least 4 members (excludes halogenated alkanes) is 1. The average molecular weight is 553 g/mol. The summed E-state index contributed by atoms with van der Waals surface area (Å²) in [5, 5.41) is 2.51. The van der Waals surface area contributed by atoms with Gasteiger partial charge in [0.15, 0.2) is 0 Å². The summed E-state index contributed by atoms with van der Waals surface area (Å²) >= 11 is 0. The van der Waals surface area contributed by atoms with Crippen molar-refractivity contribution < 1.29 is 22.4 Å². The maximum Gasteiger partial charge on any atom is 0.406 e. The van der Waals surface area contributed by atoms with Crippen LogP contribution in [0.25, 0.3) is 11.1 Å². The van der Waals surface area contributed by atoms with Gasteiger partial charge in [-0.3, -0.25) is 10.3 Å². The molecule has 0 bridgehead atoms. The van der Waals surface area contributed by atoms with E-state index in [1.54, 1.807) is 18.2 Å². The summed E-state index contributed by atoms with van der Waals surface area (Å²) in [4.78, 5) is 16.5. The molecule has 0 radical (unpaired) electrons. The molecule has 0 aliphatic heterocycles. The van der Waals surface area contributed by atoms with Gasteiger partial charge in [0, 0.05) is 23.8 Å². The Bertz CT molecular complexity index is 1360. The Balaban J connectivity index is 1.59. The molecule has 212 valence electrons. The Morgan fingerprint density at radius 2 is 1.98 bits per heavy atom. The maximum absolute atomic E-state index is 15.8. The van der Waals surface area contributed by atoms with Gasteiger partial charge in [-0.1, -0.05) is 57.1 Å². The molecule has 0 saturated heterocycles. The number of fused-ring (bicyclic) bond motifs is 1. The van der Waals surface area contributed by atoms with Gasteiger partial charge in [0.1, 0.15) is 17.6 Å². The third-order valence-corrected chi connectivity index (χ3v) is 9.05. The van der Waals surface area contributed by atoms with E-state index in [-0.39, 0.29) is 24.6 Å². The van der Waals surface area contributed by atoms with Crippen molar-refractivity contribution in [2.75, 3.05) is 0 Å². The van der Waals surface area contributed by atoms with E-state index < -0.39 is 17.8 Å². The standard InChI is InChI=1S/C33H36F4N2O/c1-4-5-6-10-24-27(17-25(22-8-7-9-22)21(3)26-15-20(2)16-28(34)31(24)26)29-12-11-23(18-38-29)30(19-40)39-32(13-14-32)33(35,36)37/h11-12,15-16,18-19,21-22,25,30,39H,4-5,7-9,13-14,17H2,1-3H3. The third-order valence-electron chi connectivity index (χ3n) is 9.05. The van der Waals surface area contributed by atoms with E-state index in [9.17, 15) is 18.0 Å². The van der Waals surface area contributed by atoms with E-state index >= 15 is 4.39 Å². The molecule has 1 heterocycles. The molecule has 2 fully saturated rings. The van der Waals surface area contributed by atoms with Crippen molar-refractivity contribution in [1.82, 2.24) is 10.3 Å². The molecule has 5 rings (SSSR count). The summed E-state index contributed by atoms with van der Waals surface area (Å²) < 4.78 is 56.4. The molecule has 2 aromatic rings. The number of aromatic nitrogens is 1. The number of halogens is 4. The van der Waals surface area contributed by atoms with Gasteiger partial charge in [-0.2, -0.15) is 13.2 Å². The first kappa shape index (κ1) is 28.5. The largest absolute Gasteiger partial charge is 0.406 e. The van der Waals surface area contributed by atoms with Crippen LogP contribution in [0.15, 0.2) is 30.5 Å². The molecule has 1 aromatic carbocycles. The molecule has 40 heavy (non-hydrogen) atoms. The first-order chi connectivity index (χ1) is 19.1. The molecule has 2 saturated carbocycles.